The largest absolute Gasteiger partial charge is 0.492 e. The number of aryl methyl sites for hydroxylation is 2. The molecule has 0 spiro atoms. The molecule has 0 unspecified atom stereocenters. The van der Waals surface area contributed by atoms with Crippen molar-refractivity contribution in [1.82, 2.24) is 0 Å². The summed E-state index contributed by atoms with van der Waals surface area (Å²) in [6.07, 6.45) is 0.933. The van der Waals surface area contributed by atoms with Crippen molar-refractivity contribution in [3.63, 3.8) is 0 Å². The number of hydrogen-bond donors (Lipinski definition) is 1. The van der Waals surface area contributed by atoms with Gasteiger partial charge in [-0.05, 0) is 44.0 Å². The summed E-state index contributed by atoms with van der Waals surface area (Å²) < 4.78 is 5.78. The maximum absolute atomic E-state index is 6.27. The first-order valence-corrected chi connectivity index (χ1v) is 8.18. The summed E-state index contributed by atoms with van der Waals surface area (Å²) in [6.45, 7) is 7.50. The molecule has 2 aromatic carbocycles. The predicted octanol–water partition coefficient (Wildman–Crippen LogP) is 6.01. The molecule has 0 aliphatic heterocycles. The lowest BCUT2D eigenvalue weighted by Gasteiger charge is -2.16. The van der Waals surface area contributed by atoms with Gasteiger partial charge in [0.2, 0.25) is 0 Å². The van der Waals surface area contributed by atoms with E-state index in [0.717, 1.165) is 17.7 Å². The maximum atomic E-state index is 6.27. The third-order valence-electron chi connectivity index (χ3n) is 3.39. The smallest absolute Gasteiger partial charge is 0.142 e. The van der Waals surface area contributed by atoms with Gasteiger partial charge in [-0.1, -0.05) is 47.8 Å². The highest BCUT2D eigenvalue weighted by molar-refractivity contribution is 6.35. The van der Waals surface area contributed by atoms with E-state index in [2.05, 4.69) is 44.3 Å². The average molecular weight is 338 g/mol. The van der Waals surface area contributed by atoms with E-state index in [1.165, 1.54) is 11.1 Å². The van der Waals surface area contributed by atoms with Gasteiger partial charge in [0.25, 0.3) is 0 Å². The Morgan fingerprint density at radius 3 is 2.55 bits per heavy atom. The highest BCUT2D eigenvalue weighted by Crippen LogP contribution is 2.33. The number of hydrogen-bond acceptors (Lipinski definition) is 2. The van der Waals surface area contributed by atoms with E-state index in [0.29, 0.717) is 28.9 Å². The van der Waals surface area contributed by atoms with Crippen molar-refractivity contribution in [1.29, 1.82) is 0 Å². The van der Waals surface area contributed by atoms with Gasteiger partial charge in [-0.25, -0.2) is 0 Å². The van der Waals surface area contributed by atoms with Crippen molar-refractivity contribution in [2.24, 2.45) is 0 Å². The van der Waals surface area contributed by atoms with Crippen molar-refractivity contribution in [2.45, 2.75) is 33.7 Å². The molecule has 2 aromatic rings. The highest BCUT2D eigenvalue weighted by Gasteiger charge is 2.11. The van der Waals surface area contributed by atoms with E-state index < -0.39 is 0 Å². The fraction of sp³-hybridized carbons (Fsp3) is 0.333. The molecule has 0 heterocycles. The van der Waals surface area contributed by atoms with Crippen LogP contribution in [-0.4, -0.2) is 6.61 Å². The fourth-order valence-electron chi connectivity index (χ4n) is 2.31. The van der Waals surface area contributed by atoms with Gasteiger partial charge in [0.05, 0.1) is 11.6 Å². The van der Waals surface area contributed by atoms with Crippen LogP contribution in [0.25, 0.3) is 0 Å². The summed E-state index contributed by atoms with van der Waals surface area (Å²) in [5.41, 5.74) is 4.53. The molecular weight excluding hydrogens is 317 g/mol. The van der Waals surface area contributed by atoms with Crippen LogP contribution in [-0.2, 0) is 6.54 Å². The second-order valence-corrected chi connectivity index (χ2v) is 6.24. The third kappa shape index (κ3) is 4.31. The van der Waals surface area contributed by atoms with Crippen LogP contribution in [0.2, 0.25) is 10.0 Å². The van der Waals surface area contributed by atoms with E-state index >= 15 is 0 Å². The average Bonchev–Trinajstić information content (AvgIpc) is 2.45. The summed E-state index contributed by atoms with van der Waals surface area (Å²) in [5.74, 6) is 0.713. The van der Waals surface area contributed by atoms with Gasteiger partial charge in [-0.15, -0.1) is 0 Å². The molecular formula is C18H21Cl2NO. The predicted molar refractivity (Wildman–Crippen MR) is 95.5 cm³/mol. The Bertz CT molecular complexity index is 656. The van der Waals surface area contributed by atoms with Crippen LogP contribution in [0.5, 0.6) is 5.75 Å². The van der Waals surface area contributed by atoms with E-state index in [4.69, 9.17) is 27.9 Å². The van der Waals surface area contributed by atoms with Gasteiger partial charge in [-0.3, -0.25) is 0 Å². The minimum absolute atomic E-state index is 0.554. The first-order chi connectivity index (χ1) is 10.5. The SMILES string of the molecule is CCCOc1c(Cl)cc(Cl)cc1CNc1ccc(C)cc1C. The summed E-state index contributed by atoms with van der Waals surface area (Å²) in [6, 6.07) is 9.95. The van der Waals surface area contributed by atoms with Crippen LogP contribution >= 0.6 is 23.2 Å². The zero-order valence-electron chi connectivity index (χ0n) is 13.2. The van der Waals surface area contributed by atoms with Gasteiger partial charge in [0.15, 0.2) is 0 Å². The maximum Gasteiger partial charge on any atom is 0.142 e. The van der Waals surface area contributed by atoms with E-state index in [9.17, 15) is 0 Å². The Labute approximate surface area is 142 Å². The normalized spacial score (nSPS) is 10.6. The molecule has 22 heavy (non-hydrogen) atoms. The van der Waals surface area contributed by atoms with Crippen LogP contribution < -0.4 is 10.1 Å². The Kier molecular flexibility index (Phi) is 5.98. The van der Waals surface area contributed by atoms with Crippen molar-refractivity contribution in [2.75, 3.05) is 11.9 Å². The zero-order chi connectivity index (χ0) is 16.1. The van der Waals surface area contributed by atoms with Crippen LogP contribution in [0.1, 0.15) is 30.0 Å². The van der Waals surface area contributed by atoms with Crippen LogP contribution in [0.15, 0.2) is 30.3 Å². The standard InChI is InChI=1S/C18H21Cl2NO/c1-4-7-22-18-14(9-15(19)10-16(18)20)11-21-17-6-5-12(2)8-13(17)3/h5-6,8-10,21H,4,7,11H2,1-3H3. The zero-order valence-corrected chi connectivity index (χ0v) is 14.7. The molecule has 2 rings (SSSR count). The fourth-order valence-corrected chi connectivity index (χ4v) is 2.90. The molecule has 0 aliphatic rings. The van der Waals surface area contributed by atoms with Gasteiger partial charge >= 0.3 is 0 Å². The quantitative estimate of drug-likeness (QED) is 0.696. The van der Waals surface area contributed by atoms with Gasteiger partial charge in [0.1, 0.15) is 5.75 Å². The lowest BCUT2D eigenvalue weighted by molar-refractivity contribution is 0.314. The number of anilines is 1. The van der Waals surface area contributed by atoms with Gasteiger partial charge in [-0.2, -0.15) is 0 Å². The molecule has 0 aliphatic carbocycles. The van der Waals surface area contributed by atoms with Gasteiger partial charge in [0, 0.05) is 22.8 Å². The first-order valence-electron chi connectivity index (χ1n) is 7.43. The molecule has 0 atom stereocenters. The monoisotopic (exact) mass is 337 g/mol. The summed E-state index contributed by atoms with van der Waals surface area (Å²) in [5, 5.41) is 4.60. The molecule has 0 amide bonds. The number of halogens is 2. The molecule has 0 fully saturated rings. The minimum atomic E-state index is 0.554. The molecule has 0 radical (unpaired) electrons. The van der Waals surface area contributed by atoms with Crippen LogP contribution in [0.4, 0.5) is 5.69 Å². The molecule has 4 heteroatoms. The summed E-state index contributed by atoms with van der Waals surface area (Å²) >= 11 is 12.4. The van der Waals surface area contributed by atoms with Crippen LogP contribution in [0.3, 0.4) is 0 Å². The highest BCUT2D eigenvalue weighted by atomic mass is 35.5. The van der Waals surface area contributed by atoms with Crippen molar-refractivity contribution >= 4 is 28.9 Å². The van der Waals surface area contributed by atoms with E-state index in [1.807, 2.05) is 6.07 Å². The van der Waals surface area contributed by atoms with Crippen LogP contribution in [0, 0.1) is 13.8 Å². The second kappa shape index (κ2) is 7.75. The molecule has 0 aromatic heterocycles. The van der Waals surface area contributed by atoms with Crippen molar-refractivity contribution in [3.8, 4) is 5.75 Å². The lowest BCUT2D eigenvalue weighted by atomic mass is 10.1. The Morgan fingerprint density at radius 1 is 1.09 bits per heavy atom. The molecule has 0 saturated carbocycles. The molecule has 0 bridgehead atoms. The number of nitrogens with one attached hydrogen (secondary N) is 1. The summed E-state index contributed by atoms with van der Waals surface area (Å²) in [4.78, 5) is 0. The van der Waals surface area contributed by atoms with E-state index in [1.54, 1.807) is 6.07 Å². The van der Waals surface area contributed by atoms with Crippen molar-refractivity contribution in [3.05, 3.63) is 57.1 Å². The van der Waals surface area contributed by atoms with Crippen molar-refractivity contribution < 1.29 is 4.74 Å². The molecule has 2 nitrogen and oxygen atoms in total. The Morgan fingerprint density at radius 2 is 1.86 bits per heavy atom. The molecule has 118 valence electrons. The van der Waals surface area contributed by atoms with E-state index in [-0.39, 0.29) is 0 Å². The lowest BCUT2D eigenvalue weighted by Crippen LogP contribution is -2.05. The number of ether oxygens (including phenoxy) is 1. The molecule has 1 N–H and O–H groups in total. The topological polar surface area (TPSA) is 21.3 Å². The summed E-state index contributed by atoms with van der Waals surface area (Å²) in [7, 11) is 0. The Balaban J connectivity index is 2.20. The Hall–Kier alpha value is -1.38. The second-order valence-electron chi connectivity index (χ2n) is 5.40. The van der Waals surface area contributed by atoms with Gasteiger partial charge < -0.3 is 10.1 Å². The number of rotatable bonds is 6. The first kappa shape index (κ1) is 17.0. The number of benzene rings is 2. The third-order valence-corrected chi connectivity index (χ3v) is 3.89. The molecule has 0 saturated heterocycles. The minimum Gasteiger partial charge on any atom is -0.492 e.